The van der Waals surface area contributed by atoms with Crippen molar-refractivity contribution < 1.29 is 4.79 Å². The second-order valence-corrected chi connectivity index (χ2v) is 3.20. The van der Waals surface area contributed by atoms with E-state index in [2.05, 4.69) is 4.90 Å². The van der Waals surface area contributed by atoms with Gasteiger partial charge in [0.1, 0.15) is 0 Å². The SMILES string of the molecule is C/C(=C\CCCN(C)C)C(N)=O. The monoisotopic (exact) mass is 170 g/mol. The lowest BCUT2D eigenvalue weighted by Crippen LogP contribution is -2.13. The summed E-state index contributed by atoms with van der Waals surface area (Å²) in [6.45, 7) is 2.79. The summed E-state index contributed by atoms with van der Waals surface area (Å²) in [5.41, 5.74) is 5.72. The van der Waals surface area contributed by atoms with E-state index < -0.39 is 0 Å². The third-order valence-electron chi connectivity index (χ3n) is 1.65. The summed E-state index contributed by atoms with van der Waals surface area (Å²) in [4.78, 5) is 12.7. The molecule has 0 aliphatic rings. The molecule has 0 spiro atoms. The molecule has 0 rings (SSSR count). The number of carbonyl (C=O) groups is 1. The Balaban J connectivity index is 3.54. The molecule has 1 amide bonds. The van der Waals surface area contributed by atoms with E-state index >= 15 is 0 Å². The minimum atomic E-state index is -0.320. The topological polar surface area (TPSA) is 46.3 Å². The zero-order chi connectivity index (χ0) is 9.56. The van der Waals surface area contributed by atoms with Crippen LogP contribution in [0.2, 0.25) is 0 Å². The largest absolute Gasteiger partial charge is 0.366 e. The molecule has 0 saturated heterocycles. The molecular formula is C9H18N2O. The fourth-order valence-electron chi connectivity index (χ4n) is 0.827. The van der Waals surface area contributed by atoms with Crippen LogP contribution in [-0.2, 0) is 4.79 Å². The van der Waals surface area contributed by atoms with Gasteiger partial charge in [-0.2, -0.15) is 0 Å². The van der Waals surface area contributed by atoms with E-state index in [4.69, 9.17) is 5.73 Å². The summed E-state index contributed by atoms with van der Waals surface area (Å²) in [6, 6.07) is 0. The van der Waals surface area contributed by atoms with Gasteiger partial charge in [-0.1, -0.05) is 6.08 Å². The van der Waals surface area contributed by atoms with Crippen molar-refractivity contribution in [1.82, 2.24) is 4.90 Å². The average molecular weight is 170 g/mol. The normalized spacial score (nSPS) is 12.2. The Hall–Kier alpha value is -0.830. The molecule has 3 nitrogen and oxygen atoms in total. The first-order valence-corrected chi connectivity index (χ1v) is 4.15. The van der Waals surface area contributed by atoms with Gasteiger partial charge in [-0.25, -0.2) is 0 Å². The molecule has 0 aliphatic heterocycles. The van der Waals surface area contributed by atoms with Crippen LogP contribution in [0.3, 0.4) is 0 Å². The zero-order valence-electron chi connectivity index (χ0n) is 8.13. The Bertz CT molecular complexity index is 173. The molecule has 0 aromatic carbocycles. The number of unbranched alkanes of at least 4 members (excludes halogenated alkanes) is 1. The number of hydrogen-bond donors (Lipinski definition) is 1. The third kappa shape index (κ3) is 5.92. The van der Waals surface area contributed by atoms with Gasteiger partial charge in [0.25, 0.3) is 0 Å². The lowest BCUT2D eigenvalue weighted by Gasteiger charge is -2.06. The van der Waals surface area contributed by atoms with Crippen LogP contribution in [-0.4, -0.2) is 31.4 Å². The van der Waals surface area contributed by atoms with Crippen molar-refractivity contribution in [3.63, 3.8) is 0 Å². The van der Waals surface area contributed by atoms with Gasteiger partial charge in [0, 0.05) is 5.57 Å². The molecule has 0 aromatic heterocycles. The number of allylic oxidation sites excluding steroid dienone is 1. The lowest BCUT2D eigenvalue weighted by molar-refractivity contribution is -0.114. The van der Waals surface area contributed by atoms with Crippen LogP contribution >= 0.6 is 0 Å². The Morgan fingerprint density at radius 1 is 1.50 bits per heavy atom. The van der Waals surface area contributed by atoms with Crippen LogP contribution in [0.15, 0.2) is 11.6 Å². The first kappa shape index (κ1) is 11.2. The number of nitrogens with zero attached hydrogens (tertiary/aromatic N) is 1. The van der Waals surface area contributed by atoms with Gasteiger partial charge in [0.15, 0.2) is 0 Å². The molecule has 70 valence electrons. The van der Waals surface area contributed by atoms with E-state index in [0.29, 0.717) is 5.57 Å². The first-order valence-electron chi connectivity index (χ1n) is 4.15. The molecular weight excluding hydrogens is 152 g/mol. The molecule has 0 atom stereocenters. The second kappa shape index (κ2) is 5.77. The molecule has 2 N–H and O–H groups in total. The lowest BCUT2D eigenvalue weighted by atomic mass is 10.2. The predicted octanol–water partition coefficient (Wildman–Crippen LogP) is 0.760. The van der Waals surface area contributed by atoms with Gasteiger partial charge in [-0.15, -0.1) is 0 Å². The highest BCUT2D eigenvalue weighted by Crippen LogP contribution is 1.97. The molecule has 0 aliphatic carbocycles. The van der Waals surface area contributed by atoms with Crippen molar-refractivity contribution in [2.24, 2.45) is 5.73 Å². The van der Waals surface area contributed by atoms with Gasteiger partial charge in [-0.3, -0.25) is 4.79 Å². The predicted molar refractivity (Wildman–Crippen MR) is 50.7 cm³/mol. The smallest absolute Gasteiger partial charge is 0.244 e. The van der Waals surface area contributed by atoms with Crippen LogP contribution in [0.5, 0.6) is 0 Å². The van der Waals surface area contributed by atoms with Crippen LogP contribution in [0.4, 0.5) is 0 Å². The van der Waals surface area contributed by atoms with Crippen LogP contribution in [0, 0.1) is 0 Å². The third-order valence-corrected chi connectivity index (χ3v) is 1.65. The maximum atomic E-state index is 10.6. The standard InChI is InChI=1S/C9H18N2O/c1-8(9(10)12)6-4-5-7-11(2)3/h6H,4-5,7H2,1-3H3,(H2,10,12)/b8-6+. The molecule has 0 aromatic rings. The molecule has 3 heteroatoms. The number of carbonyl (C=O) groups excluding carboxylic acids is 1. The summed E-state index contributed by atoms with van der Waals surface area (Å²) < 4.78 is 0. The van der Waals surface area contributed by atoms with Crippen molar-refractivity contribution in [2.75, 3.05) is 20.6 Å². The zero-order valence-corrected chi connectivity index (χ0v) is 8.13. The summed E-state index contributed by atoms with van der Waals surface area (Å²) >= 11 is 0. The van der Waals surface area contributed by atoms with Gasteiger partial charge in [-0.05, 0) is 40.4 Å². The fraction of sp³-hybridized carbons (Fsp3) is 0.667. The minimum absolute atomic E-state index is 0.320. The number of hydrogen-bond acceptors (Lipinski definition) is 2. The maximum Gasteiger partial charge on any atom is 0.244 e. The molecule has 0 heterocycles. The van der Waals surface area contributed by atoms with Crippen molar-refractivity contribution in [1.29, 1.82) is 0 Å². The molecule has 0 saturated carbocycles. The van der Waals surface area contributed by atoms with E-state index in [9.17, 15) is 4.79 Å². The molecule has 0 unspecified atom stereocenters. The summed E-state index contributed by atoms with van der Waals surface area (Å²) in [5, 5.41) is 0. The Morgan fingerprint density at radius 3 is 2.50 bits per heavy atom. The number of nitrogens with two attached hydrogens (primary N) is 1. The summed E-state index contributed by atoms with van der Waals surface area (Å²) in [7, 11) is 4.06. The van der Waals surface area contributed by atoms with E-state index in [0.717, 1.165) is 19.4 Å². The number of rotatable bonds is 5. The van der Waals surface area contributed by atoms with Gasteiger partial charge >= 0.3 is 0 Å². The van der Waals surface area contributed by atoms with E-state index in [-0.39, 0.29) is 5.91 Å². The highest BCUT2D eigenvalue weighted by molar-refractivity contribution is 5.91. The van der Waals surface area contributed by atoms with Crippen molar-refractivity contribution in [3.8, 4) is 0 Å². The fourth-order valence-corrected chi connectivity index (χ4v) is 0.827. The molecule has 12 heavy (non-hydrogen) atoms. The summed E-state index contributed by atoms with van der Waals surface area (Å²) in [5.74, 6) is -0.320. The van der Waals surface area contributed by atoms with Crippen molar-refractivity contribution in [3.05, 3.63) is 11.6 Å². The van der Waals surface area contributed by atoms with E-state index in [1.165, 1.54) is 0 Å². The van der Waals surface area contributed by atoms with Gasteiger partial charge in [0.05, 0.1) is 0 Å². The summed E-state index contributed by atoms with van der Waals surface area (Å²) in [6.07, 6.45) is 3.89. The molecule has 0 fully saturated rings. The second-order valence-electron chi connectivity index (χ2n) is 3.20. The number of primary amides is 1. The van der Waals surface area contributed by atoms with Crippen molar-refractivity contribution in [2.45, 2.75) is 19.8 Å². The highest BCUT2D eigenvalue weighted by Gasteiger charge is 1.95. The first-order chi connectivity index (χ1) is 5.54. The molecule has 0 radical (unpaired) electrons. The van der Waals surface area contributed by atoms with Crippen LogP contribution in [0.25, 0.3) is 0 Å². The average Bonchev–Trinajstić information content (AvgIpc) is 1.97. The number of amides is 1. The van der Waals surface area contributed by atoms with Gasteiger partial charge in [0.2, 0.25) is 5.91 Å². The maximum absolute atomic E-state index is 10.6. The van der Waals surface area contributed by atoms with Gasteiger partial charge < -0.3 is 10.6 Å². The Morgan fingerprint density at radius 2 is 2.08 bits per heavy atom. The Labute approximate surface area is 74.2 Å². The van der Waals surface area contributed by atoms with E-state index in [1.807, 2.05) is 20.2 Å². The quantitative estimate of drug-likeness (QED) is 0.489. The Kier molecular flexibility index (Phi) is 5.37. The highest BCUT2D eigenvalue weighted by atomic mass is 16.1. The molecule has 0 bridgehead atoms. The van der Waals surface area contributed by atoms with Crippen LogP contribution < -0.4 is 5.73 Å². The van der Waals surface area contributed by atoms with Crippen molar-refractivity contribution >= 4 is 5.91 Å². The minimum Gasteiger partial charge on any atom is -0.366 e. The van der Waals surface area contributed by atoms with E-state index in [1.54, 1.807) is 6.92 Å². The van der Waals surface area contributed by atoms with Crippen LogP contribution in [0.1, 0.15) is 19.8 Å².